The maximum Gasteiger partial charge on any atom is 0.272 e. The SMILES string of the molecule is CC(C)c1nccn1CCN1CCN(C(=O)c2cc(-c3ccc(F)cc3)nn2C)CC1. The van der Waals surface area contributed by atoms with Crippen LogP contribution >= 0.6 is 0 Å². The Hall–Kier alpha value is -3.00. The lowest BCUT2D eigenvalue weighted by atomic mass is 10.1. The van der Waals surface area contributed by atoms with Gasteiger partial charge in [-0.25, -0.2) is 9.37 Å². The van der Waals surface area contributed by atoms with E-state index in [0.717, 1.165) is 37.6 Å². The minimum atomic E-state index is -0.290. The predicted molar refractivity (Wildman–Crippen MR) is 117 cm³/mol. The quantitative estimate of drug-likeness (QED) is 0.610. The lowest BCUT2D eigenvalue weighted by Gasteiger charge is -2.34. The van der Waals surface area contributed by atoms with Gasteiger partial charge in [-0.2, -0.15) is 5.10 Å². The molecule has 1 aliphatic heterocycles. The van der Waals surface area contributed by atoms with Gasteiger partial charge in [-0.05, 0) is 30.3 Å². The summed E-state index contributed by atoms with van der Waals surface area (Å²) in [5, 5.41) is 4.45. The molecule has 0 aliphatic carbocycles. The van der Waals surface area contributed by atoms with Crippen molar-refractivity contribution in [3.05, 3.63) is 60.1 Å². The highest BCUT2D eigenvalue weighted by molar-refractivity contribution is 5.93. The van der Waals surface area contributed by atoms with Crippen LogP contribution in [0.15, 0.2) is 42.7 Å². The Morgan fingerprint density at radius 1 is 1.10 bits per heavy atom. The van der Waals surface area contributed by atoms with Gasteiger partial charge in [0.15, 0.2) is 0 Å². The Bertz CT molecular complexity index is 1030. The highest BCUT2D eigenvalue weighted by Gasteiger charge is 2.25. The Kier molecular flexibility index (Phi) is 6.18. The zero-order valence-corrected chi connectivity index (χ0v) is 18.3. The number of hydrogen-bond donors (Lipinski definition) is 0. The van der Waals surface area contributed by atoms with Gasteiger partial charge in [0.1, 0.15) is 17.3 Å². The molecule has 3 heterocycles. The first kappa shape index (κ1) is 21.2. The molecule has 1 amide bonds. The molecule has 0 spiro atoms. The van der Waals surface area contributed by atoms with Crippen molar-refractivity contribution in [2.45, 2.75) is 26.3 Å². The largest absolute Gasteiger partial charge is 0.335 e. The van der Waals surface area contributed by atoms with E-state index in [9.17, 15) is 9.18 Å². The minimum Gasteiger partial charge on any atom is -0.335 e. The molecule has 0 unspecified atom stereocenters. The van der Waals surface area contributed by atoms with Crippen molar-refractivity contribution in [2.24, 2.45) is 7.05 Å². The molecule has 1 saturated heterocycles. The summed E-state index contributed by atoms with van der Waals surface area (Å²) in [6.07, 6.45) is 3.90. The lowest BCUT2D eigenvalue weighted by molar-refractivity contribution is 0.0622. The molecule has 8 heteroatoms. The van der Waals surface area contributed by atoms with Gasteiger partial charge in [-0.1, -0.05) is 13.8 Å². The van der Waals surface area contributed by atoms with Crippen LogP contribution in [0.2, 0.25) is 0 Å². The topological polar surface area (TPSA) is 59.2 Å². The Morgan fingerprint density at radius 3 is 2.48 bits per heavy atom. The summed E-state index contributed by atoms with van der Waals surface area (Å²) >= 11 is 0. The van der Waals surface area contributed by atoms with Gasteiger partial charge in [-0.15, -0.1) is 0 Å². The van der Waals surface area contributed by atoms with Crippen LogP contribution in [0.1, 0.15) is 36.1 Å². The molecule has 1 fully saturated rings. The number of rotatable bonds is 6. The number of piperazine rings is 1. The molecule has 7 nitrogen and oxygen atoms in total. The molecule has 0 saturated carbocycles. The van der Waals surface area contributed by atoms with E-state index in [2.05, 4.69) is 33.4 Å². The van der Waals surface area contributed by atoms with Crippen LogP contribution in [0.5, 0.6) is 0 Å². The molecule has 31 heavy (non-hydrogen) atoms. The zero-order chi connectivity index (χ0) is 22.0. The average molecular weight is 425 g/mol. The number of hydrogen-bond acceptors (Lipinski definition) is 4. The van der Waals surface area contributed by atoms with Crippen LogP contribution in [-0.4, -0.2) is 67.8 Å². The molecule has 1 aliphatic rings. The molecule has 0 radical (unpaired) electrons. The van der Waals surface area contributed by atoms with Crippen molar-refractivity contribution in [3.8, 4) is 11.3 Å². The second-order valence-corrected chi connectivity index (χ2v) is 8.31. The molecule has 4 rings (SSSR count). The van der Waals surface area contributed by atoms with Crippen LogP contribution in [0.25, 0.3) is 11.3 Å². The maximum atomic E-state index is 13.2. The second kappa shape index (κ2) is 9.01. The summed E-state index contributed by atoms with van der Waals surface area (Å²) in [5.41, 5.74) is 2.01. The van der Waals surface area contributed by atoms with E-state index >= 15 is 0 Å². The number of aryl methyl sites for hydroxylation is 1. The van der Waals surface area contributed by atoms with Crippen molar-refractivity contribution in [1.82, 2.24) is 29.1 Å². The van der Waals surface area contributed by atoms with Crippen molar-refractivity contribution in [1.29, 1.82) is 0 Å². The van der Waals surface area contributed by atoms with E-state index in [-0.39, 0.29) is 11.7 Å². The van der Waals surface area contributed by atoms with Gasteiger partial charge >= 0.3 is 0 Å². The van der Waals surface area contributed by atoms with Crippen LogP contribution in [0.3, 0.4) is 0 Å². The number of carbonyl (C=O) groups excluding carboxylic acids is 1. The molecular weight excluding hydrogens is 395 g/mol. The molecule has 0 bridgehead atoms. The normalized spacial score (nSPS) is 15.1. The van der Waals surface area contributed by atoms with Gasteiger partial charge < -0.3 is 9.47 Å². The van der Waals surface area contributed by atoms with Gasteiger partial charge in [0, 0.05) is 70.2 Å². The number of aromatic nitrogens is 4. The van der Waals surface area contributed by atoms with E-state index in [4.69, 9.17) is 0 Å². The van der Waals surface area contributed by atoms with Gasteiger partial charge in [0.05, 0.1) is 5.69 Å². The predicted octanol–water partition coefficient (Wildman–Crippen LogP) is 3.00. The fraction of sp³-hybridized carbons (Fsp3) is 0.435. The molecule has 0 atom stereocenters. The van der Waals surface area contributed by atoms with Gasteiger partial charge in [0.2, 0.25) is 0 Å². The van der Waals surface area contributed by atoms with Crippen molar-refractivity contribution >= 4 is 5.91 Å². The van der Waals surface area contributed by atoms with Gasteiger partial charge in [-0.3, -0.25) is 14.4 Å². The van der Waals surface area contributed by atoms with Crippen molar-refractivity contribution in [2.75, 3.05) is 32.7 Å². The third-order valence-corrected chi connectivity index (χ3v) is 5.82. The van der Waals surface area contributed by atoms with E-state index in [1.807, 2.05) is 17.3 Å². The summed E-state index contributed by atoms with van der Waals surface area (Å²) in [6, 6.07) is 7.94. The number of amides is 1. The highest BCUT2D eigenvalue weighted by atomic mass is 19.1. The van der Waals surface area contributed by atoms with Crippen molar-refractivity contribution < 1.29 is 9.18 Å². The molecule has 1 aromatic carbocycles. The standard InChI is InChI=1S/C23H29FN6O/c1-17(2)22-25-8-9-29(22)13-10-28-11-14-30(15-12-28)23(31)21-16-20(26-27(21)3)18-4-6-19(24)7-5-18/h4-9,16-17H,10-15H2,1-3H3. The molecule has 3 aromatic rings. The molecule has 2 aromatic heterocycles. The molecule has 164 valence electrons. The first-order valence-electron chi connectivity index (χ1n) is 10.7. The summed E-state index contributed by atoms with van der Waals surface area (Å²) in [6.45, 7) is 9.24. The summed E-state index contributed by atoms with van der Waals surface area (Å²) in [5.74, 6) is 1.21. The monoisotopic (exact) mass is 424 g/mol. The Balaban J connectivity index is 1.34. The number of carbonyl (C=O) groups is 1. The smallest absolute Gasteiger partial charge is 0.272 e. The molecular formula is C23H29FN6O. The number of benzene rings is 1. The number of nitrogens with zero attached hydrogens (tertiary/aromatic N) is 6. The zero-order valence-electron chi connectivity index (χ0n) is 18.3. The van der Waals surface area contributed by atoms with Crippen LogP contribution < -0.4 is 0 Å². The summed E-state index contributed by atoms with van der Waals surface area (Å²) < 4.78 is 17.0. The number of imidazole rings is 1. The van der Waals surface area contributed by atoms with E-state index in [0.29, 0.717) is 30.4 Å². The van der Waals surface area contributed by atoms with E-state index in [1.165, 1.54) is 12.1 Å². The van der Waals surface area contributed by atoms with Crippen LogP contribution in [-0.2, 0) is 13.6 Å². The molecule has 0 N–H and O–H groups in total. The van der Waals surface area contributed by atoms with Gasteiger partial charge in [0.25, 0.3) is 5.91 Å². The van der Waals surface area contributed by atoms with Crippen LogP contribution in [0, 0.1) is 5.82 Å². The van der Waals surface area contributed by atoms with E-state index < -0.39 is 0 Å². The lowest BCUT2D eigenvalue weighted by Crippen LogP contribution is -2.49. The Morgan fingerprint density at radius 2 is 1.81 bits per heavy atom. The average Bonchev–Trinajstić information content (AvgIpc) is 3.39. The second-order valence-electron chi connectivity index (χ2n) is 8.31. The fourth-order valence-corrected chi connectivity index (χ4v) is 4.03. The van der Waals surface area contributed by atoms with Crippen LogP contribution in [0.4, 0.5) is 4.39 Å². The number of halogens is 1. The Labute approximate surface area is 182 Å². The highest BCUT2D eigenvalue weighted by Crippen LogP contribution is 2.20. The van der Waals surface area contributed by atoms with Crippen molar-refractivity contribution in [3.63, 3.8) is 0 Å². The summed E-state index contributed by atoms with van der Waals surface area (Å²) in [4.78, 5) is 21.8. The summed E-state index contributed by atoms with van der Waals surface area (Å²) in [7, 11) is 1.77. The fourth-order valence-electron chi connectivity index (χ4n) is 4.03. The van der Waals surface area contributed by atoms with E-state index in [1.54, 1.807) is 29.9 Å². The third-order valence-electron chi connectivity index (χ3n) is 5.82. The first-order chi connectivity index (χ1) is 14.9. The first-order valence-corrected chi connectivity index (χ1v) is 10.7. The maximum absolute atomic E-state index is 13.2. The minimum absolute atomic E-state index is 0.0142. The third kappa shape index (κ3) is 4.69.